The van der Waals surface area contributed by atoms with E-state index < -0.39 is 5.91 Å². The van der Waals surface area contributed by atoms with E-state index in [4.69, 9.17) is 0 Å². The third-order valence-electron chi connectivity index (χ3n) is 4.79. The Kier molecular flexibility index (Phi) is 6.00. The molecule has 3 rings (SSSR count). The van der Waals surface area contributed by atoms with E-state index in [0.29, 0.717) is 11.0 Å². The zero-order chi connectivity index (χ0) is 21.1. The molecule has 1 amide bonds. The lowest BCUT2D eigenvalue weighted by atomic mass is 10.0. The molecule has 0 spiro atoms. The molecule has 3 aromatic rings. The highest BCUT2D eigenvalue weighted by molar-refractivity contribution is 7.15. The highest BCUT2D eigenvalue weighted by Crippen LogP contribution is 2.25. The lowest BCUT2D eigenvalue weighted by molar-refractivity contribution is -0.112. The van der Waals surface area contributed by atoms with Gasteiger partial charge < -0.3 is 4.57 Å². The van der Waals surface area contributed by atoms with Gasteiger partial charge in [0.1, 0.15) is 11.6 Å². The maximum absolute atomic E-state index is 12.5. The number of anilines is 1. The molecule has 0 saturated carbocycles. The minimum absolute atomic E-state index is 0.0493. The van der Waals surface area contributed by atoms with E-state index in [1.54, 1.807) is 12.3 Å². The summed E-state index contributed by atoms with van der Waals surface area (Å²) >= 11 is 1.38. The summed E-state index contributed by atoms with van der Waals surface area (Å²) in [5.74, 6) is 0.0284. The van der Waals surface area contributed by atoms with Crippen LogP contribution in [0.4, 0.5) is 5.13 Å². The Labute approximate surface area is 175 Å². The van der Waals surface area contributed by atoms with Crippen LogP contribution < -0.4 is 5.32 Å². The summed E-state index contributed by atoms with van der Waals surface area (Å²) in [6.07, 6.45) is 3.32. The molecule has 2 aromatic heterocycles. The molecule has 148 valence electrons. The Morgan fingerprint density at radius 3 is 2.48 bits per heavy atom. The van der Waals surface area contributed by atoms with Gasteiger partial charge in [0.15, 0.2) is 5.13 Å². The predicted molar refractivity (Wildman–Crippen MR) is 118 cm³/mol. The molecule has 0 bridgehead atoms. The number of aryl methyl sites for hydroxylation is 2. The first kappa shape index (κ1) is 20.6. The molecule has 0 radical (unpaired) electrons. The molecule has 0 aliphatic rings. The summed E-state index contributed by atoms with van der Waals surface area (Å²) in [5.41, 5.74) is 5.26. The molecule has 0 unspecified atom stereocenters. The topological polar surface area (TPSA) is 70.7 Å². The van der Waals surface area contributed by atoms with E-state index in [0.717, 1.165) is 27.5 Å². The summed E-state index contributed by atoms with van der Waals surface area (Å²) < 4.78 is 2.13. The average molecular weight is 405 g/mol. The van der Waals surface area contributed by atoms with E-state index in [9.17, 15) is 10.1 Å². The first-order chi connectivity index (χ1) is 13.8. The number of nitrogens with zero attached hydrogens (tertiary/aromatic N) is 3. The van der Waals surface area contributed by atoms with Crippen LogP contribution in [-0.4, -0.2) is 15.5 Å². The second kappa shape index (κ2) is 8.46. The maximum atomic E-state index is 12.5. The SMILES string of the molecule is Cc1cnc(NC(=O)/C(C#N)=C\c2cc(C)n(-c3ccc(C(C)C)cc3)c2C)s1. The molecule has 0 aliphatic heterocycles. The molecule has 5 nitrogen and oxygen atoms in total. The zero-order valence-electron chi connectivity index (χ0n) is 17.3. The van der Waals surface area contributed by atoms with Gasteiger partial charge in [-0.2, -0.15) is 5.26 Å². The Bertz CT molecular complexity index is 1110. The molecule has 0 aliphatic carbocycles. The second-order valence-electron chi connectivity index (χ2n) is 7.31. The van der Waals surface area contributed by atoms with Gasteiger partial charge in [0, 0.05) is 28.1 Å². The van der Waals surface area contributed by atoms with Crippen molar-refractivity contribution < 1.29 is 4.79 Å². The second-order valence-corrected chi connectivity index (χ2v) is 8.54. The quantitative estimate of drug-likeness (QED) is 0.449. The average Bonchev–Trinajstić information content (AvgIpc) is 3.21. The Morgan fingerprint density at radius 1 is 1.24 bits per heavy atom. The number of aromatic nitrogens is 2. The van der Waals surface area contributed by atoms with E-state index in [2.05, 4.69) is 53.0 Å². The van der Waals surface area contributed by atoms with E-state index in [1.807, 2.05) is 32.9 Å². The van der Waals surface area contributed by atoms with Crippen LogP contribution in [0.15, 0.2) is 42.1 Å². The number of amides is 1. The fraction of sp³-hybridized carbons (Fsp3) is 0.261. The maximum Gasteiger partial charge on any atom is 0.268 e. The van der Waals surface area contributed by atoms with Crippen LogP contribution in [0.2, 0.25) is 0 Å². The van der Waals surface area contributed by atoms with Crippen molar-refractivity contribution in [1.82, 2.24) is 9.55 Å². The van der Waals surface area contributed by atoms with Crippen molar-refractivity contribution in [3.05, 3.63) is 69.5 Å². The molecule has 1 N–H and O–H groups in total. The van der Waals surface area contributed by atoms with Crippen LogP contribution >= 0.6 is 11.3 Å². The highest BCUT2D eigenvalue weighted by atomic mass is 32.1. The van der Waals surface area contributed by atoms with Gasteiger partial charge in [0.05, 0.1) is 0 Å². The first-order valence-corrected chi connectivity index (χ1v) is 10.3. The number of benzene rings is 1. The molecule has 1 aromatic carbocycles. The largest absolute Gasteiger partial charge is 0.318 e. The van der Waals surface area contributed by atoms with E-state index >= 15 is 0 Å². The first-order valence-electron chi connectivity index (χ1n) is 9.45. The Balaban J connectivity index is 1.91. The number of hydrogen-bond acceptors (Lipinski definition) is 4. The molecule has 0 atom stereocenters. The summed E-state index contributed by atoms with van der Waals surface area (Å²) in [5, 5.41) is 12.7. The van der Waals surface area contributed by atoms with Gasteiger partial charge in [-0.15, -0.1) is 11.3 Å². The molecule has 6 heteroatoms. The number of carbonyl (C=O) groups excluding carboxylic acids is 1. The van der Waals surface area contributed by atoms with Gasteiger partial charge in [-0.05, 0) is 62.1 Å². The summed E-state index contributed by atoms with van der Waals surface area (Å²) in [4.78, 5) is 17.6. The van der Waals surface area contributed by atoms with Crippen LogP contribution in [0.25, 0.3) is 11.8 Å². The van der Waals surface area contributed by atoms with Crippen LogP contribution in [0, 0.1) is 32.1 Å². The third kappa shape index (κ3) is 4.47. The third-order valence-corrected chi connectivity index (χ3v) is 5.62. The minimum Gasteiger partial charge on any atom is -0.318 e. The number of nitriles is 1. The standard InChI is InChI=1S/C23H24N4OS/c1-14(2)18-6-8-21(9-7-18)27-15(3)10-19(17(27)5)11-20(12-24)22(28)26-23-25-13-16(4)29-23/h6-11,13-14H,1-5H3,(H,25,26,28)/b20-11-. The van der Waals surface area contributed by atoms with Gasteiger partial charge in [-0.3, -0.25) is 10.1 Å². The van der Waals surface area contributed by atoms with Gasteiger partial charge in [-0.1, -0.05) is 26.0 Å². The summed E-state index contributed by atoms with van der Waals surface area (Å²) in [7, 11) is 0. The van der Waals surface area contributed by atoms with Crippen molar-refractivity contribution in [2.24, 2.45) is 0 Å². The Morgan fingerprint density at radius 2 is 1.93 bits per heavy atom. The monoisotopic (exact) mass is 404 g/mol. The van der Waals surface area contributed by atoms with E-state index in [1.165, 1.54) is 16.9 Å². The smallest absolute Gasteiger partial charge is 0.268 e. The number of thiazole rings is 1. The zero-order valence-corrected chi connectivity index (χ0v) is 18.1. The summed E-state index contributed by atoms with van der Waals surface area (Å²) in [6.45, 7) is 10.3. The molecular formula is C23H24N4OS. The Hall–Kier alpha value is -3.17. The fourth-order valence-corrected chi connectivity index (χ4v) is 3.88. The van der Waals surface area contributed by atoms with Crippen molar-refractivity contribution in [3.63, 3.8) is 0 Å². The number of carbonyl (C=O) groups is 1. The molecular weight excluding hydrogens is 380 g/mol. The van der Waals surface area contributed by atoms with Crippen molar-refractivity contribution >= 4 is 28.5 Å². The minimum atomic E-state index is -0.451. The number of nitrogens with one attached hydrogen (secondary N) is 1. The molecule has 2 heterocycles. The van der Waals surface area contributed by atoms with Gasteiger partial charge in [0.2, 0.25) is 0 Å². The van der Waals surface area contributed by atoms with Gasteiger partial charge in [0.25, 0.3) is 5.91 Å². The molecule has 0 fully saturated rings. The van der Waals surface area contributed by atoms with Crippen molar-refractivity contribution in [2.45, 2.75) is 40.5 Å². The van der Waals surface area contributed by atoms with Crippen LogP contribution in [0.3, 0.4) is 0 Å². The number of hydrogen-bond donors (Lipinski definition) is 1. The predicted octanol–water partition coefficient (Wildman–Crippen LogP) is 5.53. The van der Waals surface area contributed by atoms with Crippen LogP contribution in [0.1, 0.15) is 47.2 Å². The summed E-state index contributed by atoms with van der Waals surface area (Å²) in [6, 6.07) is 12.5. The fourth-order valence-electron chi connectivity index (χ4n) is 3.22. The molecule has 29 heavy (non-hydrogen) atoms. The van der Waals surface area contributed by atoms with Gasteiger partial charge >= 0.3 is 0 Å². The normalized spacial score (nSPS) is 11.6. The lowest BCUT2D eigenvalue weighted by Crippen LogP contribution is -2.13. The highest BCUT2D eigenvalue weighted by Gasteiger charge is 2.15. The lowest BCUT2D eigenvalue weighted by Gasteiger charge is -2.12. The van der Waals surface area contributed by atoms with E-state index in [-0.39, 0.29) is 5.57 Å². The van der Waals surface area contributed by atoms with Crippen molar-refractivity contribution in [3.8, 4) is 11.8 Å². The van der Waals surface area contributed by atoms with Gasteiger partial charge in [-0.25, -0.2) is 4.98 Å². The van der Waals surface area contributed by atoms with Crippen LogP contribution in [-0.2, 0) is 4.79 Å². The van der Waals surface area contributed by atoms with Crippen molar-refractivity contribution in [1.29, 1.82) is 5.26 Å². The van der Waals surface area contributed by atoms with Crippen molar-refractivity contribution in [2.75, 3.05) is 5.32 Å². The van der Waals surface area contributed by atoms with Crippen LogP contribution in [0.5, 0.6) is 0 Å². The molecule has 0 saturated heterocycles. The number of rotatable bonds is 5.